The number of hydrogen-bond donors (Lipinski definition) is 6. The summed E-state index contributed by atoms with van der Waals surface area (Å²) in [4.78, 5) is 100. The van der Waals surface area contributed by atoms with Gasteiger partial charge in [-0.1, -0.05) is 80.0 Å². The molecule has 1 saturated heterocycles. The number of ether oxygens (including phenoxy) is 14. The lowest BCUT2D eigenvalue weighted by Crippen LogP contribution is -2.57. The first kappa shape index (κ1) is 99.4. The van der Waals surface area contributed by atoms with Crippen LogP contribution in [0.4, 0.5) is 10.1 Å². The first-order valence-corrected chi connectivity index (χ1v) is 43.5. The molecule has 0 aliphatic carbocycles. The van der Waals surface area contributed by atoms with Crippen LogP contribution in [-0.2, 0) is 102 Å². The Morgan fingerprint density at radius 3 is 1.98 bits per heavy atom. The van der Waals surface area contributed by atoms with Gasteiger partial charge in [0.25, 0.3) is 11.8 Å². The normalized spacial score (nSPS) is 13.9. The number of quaternary nitrogens is 1. The molecule has 0 saturated carbocycles. The lowest BCUT2D eigenvalue weighted by molar-refractivity contribution is -0.926. The number of likely N-dealkylation sites (N-methyl/N-ethyl adjacent to an activating group) is 1. The van der Waals surface area contributed by atoms with E-state index in [9.17, 15) is 38.3 Å². The number of thiophene rings is 1. The zero-order chi connectivity index (χ0) is 91.0. The van der Waals surface area contributed by atoms with E-state index in [-0.39, 0.29) is 64.2 Å². The lowest BCUT2D eigenvalue weighted by Gasteiger charge is -2.42. The average Bonchev–Trinajstić information content (AvgIpc) is 1.59. The number of hydrazine groups is 1. The van der Waals surface area contributed by atoms with Gasteiger partial charge in [0, 0.05) is 85.8 Å². The van der Waals surface area contributed by atoms with Crippen molar-refractivity contribution in [3.63, 3.8) is 0 Å². The van der Waals surface area contributed by atoms with Crippen LogP contribution in [0.25, 0.3) is 43.2 Å². The summed E-state index contributed by atoms with van der Waals surface area (Å²) in [5, 5.41) is 21.4. The van der Waals surface area contributed by atoms with Crippen LogP contribution in [0.15, 0.2) is 146 Å². The summed E-state index contributed by atoms with van der Waals surface area (Å²) < 4.78 is 95.7. The monoisotopic (exact) mass is 1810 g/mol. The zero-order valence-electron chi connectivity index (χ0n) is 73.1. The molecule has 2 unspecified atom stereocenters. The van der Waals surface area contributed by atoms with Gasteiger partial charge in [0.05, 0.1) is 200 Å². The highest BCUT2D eigenvalue weighted by atomic mass is 35.5. The number of methoxy groups -OCH3 is 2. The van der Waals surface area contributed by atoms with Crippen LogP contribution in [0.3, 0.4) is 0 Å². The summed E-state index contributed by atoms with van der Waals surface area (Å²) in [5.41, 5.74) is 13.4. The number of fused-ring (bicyclic) bond motifs is 1. The fourth-order valence-electron chi connectivity index (χ4n) is 13.7. The van der Waals surface area contributed by atoms with E-state index in [2.05, 4.69) is 42.8 Å². The smallest absolute Gasteiger partial charge is 0.345 e. The highest BCUT2D eigenvalue weighted by molar-refractivity contribution is 7.22. The Hall–Kier alpha value is -10.8. The van der Waals surface area contributed by atoms with Gasteiger partial charge in [0.2, 0.25) is 29.7 Å². The second-order valence-corrected chi connectivity index (χ2v) is 31.9. The number of anilines is 1. The minimum absolute atomic E-state index is 0.0112. The van der Waals surface area contributed by atoms with Crippen molar-refractivity contribution in [3.05, 3.63) is 185 Å². The molecule has 5 heterocycles. The molecule has 2 aliphatic rings. The Morgan fingerprint density at radius 2 is 1.32 bits per heavy atom. The predicted octanol–water partition coefficient (Wildman–Crippen LogP) is 8.37. The Morgan fingerprint density at radius 1 is 0.680 bits per heavy atom. The maximum absolute atomic E-state index is 14.6. The standard InChI is InChI=1S/C91H115ClFN13O21S/c1-62(2)85(102-78(107)26-35-116-37-32-105-80(109)23-24-81(105)110)88(111)97-55-79(108)100-70-20-17-66(67(53-70)58-124-59-69(94)56-104(95)31-36-117-41-42-119-45-46-121-49-50-123-52-51-122-48-47-120-44-43-118-40-39-114-5)57-106(4)33-28-103(29-34-106)30-38-125-76-22-21-72(63(3)84(76)92)82-83-89(98-61-99-90(83)128-86(82)64-15-18-68(93)19-16-64)127-77(91(112)113)54-65-11-7-9-13-74(65)126-60-71-25-27-96-87(101-71)73-12-8-10-14-75(73)115-6/h7-25,27,53,56,61-62,77,85H,26,28-52,54-55,57-60,94-95H2,1-6H3,(H3-,97,100,102,107,108,111,112,113)/p+1/b69-56-. The molecule has 0 spiro atoms. The number of amides is 5. The third-order valence-corrected chi connectivity index (χ3v) is 22.3. The van der Waals surface area contributed by atoms with Crippen LogP contribution in [-0.4, -0.2) is 291 Å². The zero-order valence-corrected chi connectivity index (χ0v) is 74.7. The van der Waals surface area contributed by atoms with Gasteiger partial charge < -0.3 is 103 Å². The summed E-state index contributed by atoms with van der Waals surface area (Å²) in [6.45, 7) is 16.6. The molecule has 8 N–H and O–H groups in total. The van der Waals surface area contributed by atoms with Crippen LogP contribution in [0.1, 0.15) is 48.2 Å². The molecule has 0 bridgehead atoms. The van der Waals surface area contributed by atoms with Gasteiger partial charge in [-0.2, -0.15) is 0 Å². The number of aliphatic carboxylic acids is 1. The summed E-state index contributed by atoms with van der Waals surface area (Å²) in [6, 6.07) is 30.6. The second kappa shape index (κ2) is 52.6. The number of nitrogens with two attached hydrogens (primary N) is 2. The number of carboxylic acids is 1. The van der Waals surface area contributed by atoms with Crippen molar-refractivity contribution >= 4 is 74.3 Å². The van der Waals surface area contributed by atoms with Crippen molar-refractivity contribution < 1.29 is 109 Å². The molecule has 690 valence electrons. The van der Waals surface area contributed by atoms with Crippen LogP contribution >= 0.6 is 22.9 Å². The van der Waals surface area contributed by atoms with Crippen molar-refractivity contribution in [1.29, 1.82) is 0 Å². The number of nitrogens with one attached hydrogen (secondary N) is 3. The number of halogens is 2. The van der Waals surface area contributed by atoms with Gasteiger partial charge in [-0.3, -0.25) is 33.8 Å². The molecule has 37 heteroatoms. The molecule has 128 heavy (non-hydrogen) atoms. The van der Waals surface area contributed by atoms with Crippen LogP contribution in [0.5, 0.6) is 23.1 Å². The number of carboxylic acid groups (broad SMARTS) is 1. The largest absolute Gasteiger partial charge is 0.496 e. The number of rotatable bonds is 59. The van der Waals surface area contributed by atoms with Crippen molar-refractivity contribution in [2.24, 2.45) is 17.5 Å². The maximum atomic E-state index is 14.6. The maximum Gasteiger partial charge on any atom is 0.345 e. The molecule has 34 nitrogen and oxygen atoms in total. The Balaban J connectivity index is 0.723. The first-order valence-electron chi connectivity index (χ1n) is 42.3. The number of piperazine rings is 1. The molecule has 2 aliphatic heterocycles. The van der Waals surface area contributed by atoms with E-state index in [0.717, 1.165) is 42.2 Å². The Labute approximate surface area is 753 Å². The van der Waals surface area contributed by atoms with Gasteiger partial charge in [-0.15, -0.1) is 11.3 Å². The number of benzene rings is 5. The number of imide groups is 1. The van der Waals surface area contributed by atoms with E-state index < -0.39 is 60.0 Å². The molecule has 3 aromatic heterocycles. The summed E-state index contributed by atoms with van der Waals surface area (Å²) in [5.74, 6) is 3.82. The molecule has 0 radical (unpaired) electrons. The van der Waals surface area contributed by atoms with E-state index in [1.54, 1.807) is 95.1 Å². The third kappa shape index (κ3) is 31.6. The number of carbonyl (C=O) groups is 6. The van der Waals surface area contributed by atoms with E-state index >= 15 is 0 Å². The van der Waals surface area contributed by atoms with Gasteiger partial charge in [0.15, 0.2) is 5.82 Å². The highest BCUT2D eigenvalue weighted by Crippen LogP contribution is 2.50. The molecule has 10 rings (SSSR count). The Kier molecular flexibility index (Phi) is 40.9. The first-order chi connectivity index (χ1) is 62.1. The fraction of sp³-hybridized carbons (Fsp3) is 0.451. The number of para-hydroxylation sites is 2. The molecule has 5 aromatic carbocycles. The van der Waals surface area contributed by atoms with Crippen LogP contribution in [0, 0.1) is 18.7 Å². The van der Waals surface area contributed by atoms with Gasteiger partial charge in [0.1, 0.15) is 60.0 Å². The molecule has 5 amide bonds. The highest BCUT2D eigenvalue weighted by Gasteiger charge is 2.33. The molecular formula is C91H116ClFN13O21S+. The quantitative estimate of drug-likeness (QED) is 0.00685. The van der Waals surface area contributed by atoms with Gasteiger partial charge >= 0.3 is 5.97 Å². The van der Waals surface area contributed by atoms with Crippen molar-refractivity contribution in [3.8, 4) is 56.1 Å². The molecular weight excluding hydrogens is 1700 g/mol. The summed E-state index contributed by atoms with van der Waals surface area (Å²) >= 11 is 8.64. The minimum Gasteiger partial charge on any atom is -0.496 e. The van der Waals surface area contributed by atoms with E-state index in [1.807, 2.05) is 49.4 Å². The second-order valence-electron chi connectivity index (χ2n) is 30.5. The van der Waals surface area contributed by atoms with Crippen molar-refractivity contribution in [2.45, 2.75) is 65.5 Å². The fourth-order valence-corrected chi connectivity index (χ4v) is 15.1. The predicted molar refractivity (Wildman–Crippen MR) is 477 cm³/mol. The molecule has 1 fully saturated rings. The van der Waals surface area contributed by atoms with E-state index in [0.29, 0.717) is 223 Å². The van der Waals surface area contributed by atoms with Gasteiger partial charge in [-0.25, -0.2) is 35.0 Å². The van der Waals surface area contributed by atoms with Gasteiger partial charge in [-0.05, 0) is 95.3 Å². The summed E-state index contributed by atoms with van der Waals surface area (Å²) in [7, 11) is 5.40. The molecule has 2 atom stereocenters. The SMILES string of the molecule is COCCOCCOCCOCCOCCOCCOCCOCCN(N)/C=C(\N)COCc1cc(NC(=O)CNC(=O)C(NC(=O)CCOCCN2C(=O)C=CC2=O)C(C)C)ccc1C[N+]1(C)CCN(CCOc2ccc(-c3c(-c4ccc(F)cc4)sc4ncnc(OC(Cc5ccccc5OCc5ccnc(-c6ccccc6OC)n5)C(=O)O)c34)c(C)c2Cl)CC1. The van der Waals surface area contributed by atoms with Crippen LogP contribution < -0.4 is 46.5 Å². The minimum atomic E-state index is -1.46. The topological polar surface area (TPSA) is 401 Å². The number of aromatic nitrogens is 4. The third-order valence-electron chi connectivity index (χ3n) is 20.7. The van der Waals surface area contributed by atoms with Crippen molar-refractivity contribution in [2.75, 3.05) is 204 Å². The Bertz CT molecular complexity index is 4950. The van der Waals surface area contributed by atoms with E-state index in [1.165, 1.54) is 47.0 Å². The van der Waals surface area contributed by atoms with Crippen LogP contribution in [0.2, 0.25) is 5.02 Å². The number of hydrogen-bond acceptors (Lipinski definition) is 29. The van der Waals surface area contributed by atoms with E-state index in [4.69, 9.17) is 94.5 Å². The number of carbonyl (C=O) groups excluding carboxylic acids is 5. The lowest BCUT2D eigenvalue weighted by atomic mass is 9.96. The summed E-state index contributed by atoms with van der Waals surface area (Å²) in [6.07, 6.45) is 5.22. The number of nitrogens with zero attached hydrogens (tertiary/aromatic N) is 8. The molecule has 8 aromatic rings. The van der Waals surface area contributed by atoms with Crippen molar-refractivity contribution in [1.82, 2.24) is 45.4 Å². The average molecular weight is 1810 g/mol.